The monoisotopic (exact) mass is 254 g/mol. The zero-order valence-electron chi connectivity index (χ0n) is 10.9. The van der Waals surface area contributed by atoms with E-state index < -0.39 is 6.10 Å². The zero-order valence-corrected chi connectivity index (χ0v) is 10.9. The van der Waals surface area contributed by atoms with Gasteiger partial charge < -0.3 is 20.3 Å². The molecule has 2 aliphatic rings. The minimum absolute atomic E-state index is 0.000216. The third kappa shape index (κ3) is 2.93. The van der Waals surface area contributed by atoms with Gasteiger partial charge in [-0.05, 0) is 18.8 Å². The number of piperidine rings is 1. The Hall–Kier alpha value is -1.30. The molecule has 3 N–H and O–H groups in total. The molecule has 1 atom stereocenters. The van der Waals surface area contributed by atoms with Crippen LogP contribution in [0.5, 0.6) is 0 Å². The Morgan fingerprint density at radius 3 is 2.56 bits per heavy atom. The number of amides is 2. The third-order valence-corrected chi connectivity index (χ3v) is 3.74. The first-order chi connectivity index (χ1) is 8.58. The fourth-order valence-electron chi connectivity index (χ4n) is 2.41. The Morgan fingerprint density at radius 1 is 1.28 bits per heavy atom. The highest BCUT2D eigenvalue weighted by Crippen LogP contribution is 2.18. The maximum absolute atomic E-state index is 12.3. The summed E-state index contributed by atoms with van der Waals surface area (Å²) < 4.78 is 5.36. The van der Waals surface area contributed by atoms with Crippen LogP contribution in [-0.2, 0) is 4.74 Å². The molecule has 0 aromatic heterocycles. The van der Waals surface area contributed by atoms with Crippen molar-refractivity contribution < 1.29 is 9.53 Å². The number of urea groups is 1. The molecule has 102 valence electrons. The fraction of sp³-hybridized carbons (Fsp3) is 0.833. The number of rotatable bonds is 1. The zero-order chi connectivity index (χ0) is 13.1. The minimum atomic E-state index is -0.439. The molecule has 2 heterocycles. The van der Waals surface area contributed by atoms with Crippen LogP contribution in [0.2, 0.25) is 0 Å². The number of likely N-dealkylation sites (tertiary alicyclic amines) is 1. The van der Waals surface area contributed by atoms with Gasteiger partial charge in [-0.1, -0.05) is 6.92 Å². The van der Waals surface area contributed by atoms with Crippen molar-refractivity contribution in [3.8, 4) is 0 Å². The molecule has 1 unspecified atom stereocenters. The number of amidine groups is 1. The number of nitrogens with zero attached hydrogens (tertiary/aromatic N) is 2. The van der Waals surface area contributed by atoms with Crippen molar-refractivity contribution in [2.24, 2.45) is 11.7 Å². The summed E-state index contributed by atoms with van der Waals surface area (Å²) in [6, 6.07) is 0.0662. The van der Waals surface area contributed by atoms with Gasteiger partial charge in [0.1, 0.15) is 11.9 Å². The van der Waals surface area contributed by atoms with Gasteiger partial charge in [-0.25, -0.2) is 4.79 Å². The van der Waals surface area contributed by atoms with Gasteiger partial charge in [-0.15, -0.1) is 0 Å². The Labute approximate surface area is 108 Å². The molecule has 2 saturated heterocycles. The molecular formula is C12H22N4O2. The Bertz CT molecular complexity index is 326. The summed E-state index contributed by atoms with van der Waals surface area (Å²) in [7, 11) is 0. The van der Waals surface area contributed by atoms with E-state index in [1.807, 2.05) is 4.90 Å². The molecule has 2 fully saturated rings. The second-order valence-corrected chi connectivity index (χ2v) is 5.21. The van der Waals surface area contributed by atoms with E-state index in [0.717, 1.165) is 25.9 Å². The van der Waals surface area contributed by atoms with Crippen molar-refractivity contribution in [1.29, 1.82) is 5.41 Å². The number of hydrogen-bond acceptors (Lipinski definition) is 3. The molecule has 2 amide bonds. The van der Waals surface area contributed by atoms with Crippen molar-refractivity contribution in [2.45, 2.75) is 25.9 Å². The lowest BCUT2D eigenvalue weighted by Crippen LogP contribution is -2.54. The molecule has 0 radical (unpaired) electrons. The van der Waals surface area contributed by atoms with Crippen LogP contribution in [0, 0.1) is 11.3 Å². The summed E-state index contributed by atoms with van der Waals surface area (Å²) in [5.41, 5.74) is 5.43. The minimum Gasteiger partial charge on any atom is -0.385 e. The predicted molar refractivity (Wildman–Crippen MR) is 68.6 cm³/mol. The average Bonchev–Trinajstić information content (AvgIpc) is 2.39. The number of nitrogens with two attached hydrogens (primary N) is 1. The van der Waals surface area contributed by atoms with Crippen LogP contribution in [0.25, 0.3) is 0 Å². The van der Waals surface area contributed by atoms with Crippen molar-refractivity contribution >= 4 is 11.9 Å². The van der Waals surface area contributed by atoms with Crippen LogP contribution < -0.4 is 5.73 Å². The lowest BCUT2D eigenvalue weighted by atomic mass is 9.99. The number of morpholine rings is 1. The molecule has 18 heavy (non-hydrogen) atoms. The smallest absolute Gasteiger partial charge is 0.320 e. The first kappa shape index (κ1) is 13.1. The van der Waals surface area contributed by atoms with Gasteiger partial charge in [-0.3, -0.25) is 5.41 Å². The van der Waals surface area contributed by atoms with Crippen molar-refractivity contribution in [3.63, 3.8) is 0 Å². The lowest BCUT2D eigenvalue weighted by Gasteiger charge is -2.38. The van der Waals surface area contributed by atoms with Crippen LogP contribution in [0.3, 0.4) is 0 Å². The summed E-state index contributed by atoms with van der Waals surface area (Å²) in [5.74, 6) is 0.712. The Kier molecular flexibility index (Phi) is 4.06. The van der Waals surface area contributed by atoms with Crippen molar-refractivity contribution in [3.05, 3.63) is 0 Å². The summed E-state index contributed by atoms with van der Waals surface area (Å²) in [4.78, 5) is 16.0. The third-order valence-electron chi connectivity index (χ3n) is 3.74. The highest BCUT2D eigenvalue weighted by Gasteiger charge is 2.30. The molecule has 2 rings (SSSR count). The number of nitrogens with one attached hydrogen (secondary N) is 1. The number of carbonyl (C=O) groups excluding carboxylic acids is 1. The van der Waals surface area contributed by atoms with Crippen LogP contribution >= 0.6 is 0 Å². The van der Waals surface area contributed by atoms with E-state index in [-0.39, 0.29) is 11.9 Å². The van der Waals surface area contributed by atoms with Crippen LogP contribution in [0.1, 0.15) is 19.8 Å². The standard InChI is InChI=1S/C12H22N4O2/c1-9-2-4-15(5-3-9)12(17)16-6-7-18-10(8-16)11(13)14/h9-10H,2-8H2,1H3,(H3,13,14). The summed E-state index contributed by atoms with van der Waals surface area (Å²) in [6.07, 6.45) is 1.71. The van der Waals surface area contributed by atoms with Gasteiger partial charge in [-0.2, -0.15) is 0 Å². The second-order valence-electron chi connectivity index (χ2n) is 5.21. The SMILES string of the molecule is CC1CCN(C(=O)N2CCOC(C(=N)N)C2)CC1. The van der Waals surface area contributed by atoms with E-state index in [4.69, 9.17) is 15.9 Å². The largest absolute Gasteiger partial charge is 0.385 e. The molecule has 0 bridgehead atoms. The van der Waals surface area contributed by atoms with Gasteiger partial charge in [0.2, 0.25) is 0 Å². The maximum atomic E-state index is 12.3. The molecular weight excluding hydrogens is 232 g/mol. The van der Waals surface area contributed by atoms with Gasteiger partial charge in [0.05, 0.1) is 13.2 Å². The quantitative estimate of drug-likeness (QED) is 0.527. The fourth-order valence-corrected chi connectivity index (χ4v) is 2.41. The normalized spacial score (nSPS) is 26.2. The number of ether oxygens (including phenoxy) is 1. The van der Waals surface area contributed by atoms with Gasteiger partial charge in [0.25, 0.3) is 0 Å². The lowest BCUT2D eigenvalue weighted by molar-refractivity contribution is 0.0119. The Balaban J connectivity index is 1.90. The molecule has 6 heteroatoms. The van der Waals surface area contributed by atoms with Crippen molar-refractivity contribution in [1.82, 2.24) is 9.80 Å². The van der Waals surface area contributed by atoms with Crippen LogP contribution in [0.15, 0.2) is 0 Å². The van der Waals surface area contributed by atoms with E-state index in [0.29, 0.717) is 25.6 Å². The highest BCUT2D eigenvalue weighted by molar-refractivity contribution is 5.83. The van der Waals surface area contributed by atoms with Crippen molar-refractivity contribution in [2.75, 3.05) is 32.8 Å². The molecule has 2 aliphatic heterocycles. The van der Waals surface area contributed by atoms with Gasteiger partial charge in [0.15, 0.2) is 0 Å². The van der Waals surface area contributed by atoms with Crippen LogP contribution in [0.4, 0.5) is 4.79 Å². The van der Waals surface area contributed by atoms with Gasteiger partial charge >= 0.3 is 6.03 Å². The summed E-state index contributed by atoms with van der Waals surface area (Å²) >= 11 is 0. The second kappa shape index (κ2) is 5.56. The highest BCUT2D eigenvalue weighted by atomic mass is 16.5. The topological polar surface area (TPSA) is 82.7 Å². The first-order valence-corrected chi connectivity index (χ1v) is 6.57. The first-order valence-electron chi connectivity index (χ1n) is 6.57. The van der Waals surface area contributed by atoms with E-state index in [2.05, 4.69) is 6.92 Å². The van der Waals surface area contributed by atoms with E-state index in [1.54, 1.807) is 4.90 Å². The van der Waals surface area contributed by atoms with E-state index in [1.165, 1.54) is 0 Å². The average molecular weight is 254 g/mol. The summed E-state index contributed by atoms with van der Waals surface area (Å²) in [6.45, 7) is 5.35. The molecule has 0 aromatic carbocycles. The van der Waals surface area contributed by atoms with E-state index >= 15 is 0 Å². The van der Waals surface area contributed by atoms with E-state index in [9.17, 15) is 4.79 Å². The number of hydrogen-bond donors (Lipinski definition) is 2. The molecule has 0 saturated carbocycles. The molecule has 0 spiro atoms. The Morgan fingerprint density at radius 2 is 1.94 bits per heavy atom. The van der Waals surface area contributed by atoms with Crippen LogP contribution in [-0.4, -0.2) is 60.6 Å². The predicted octanol–water partition coefficient (Wildman–Crippen LogP) is 0.475. The molecule has 0 aliphatic carbocycles. The summed E-state index contributed by atoms with van der Waals surface area (Å²) in [5, 5.41) is 7.39. The molecule has 0 aromatic rings. The van der Waals surface area contributed by atoms with Gasteiger partial charge in [0, 0.05) is 19.6 Å². The number of carbonyl (C=O) groups is 1. The maximum Gasteiger partial charge on any atom is 0.320 e. The molecule has 6 nitrogen and oxygen atoms in total.